The lowest BCUT2D eigenvalue weighted by molar-refractivity contribution is -0.384. The summed E-state index contributed by atoms with van der Waals surface area (Å²) in [5.41, 5.74) is 1.75. The minimum absolute atomic E-state index is 0.0625. The van der Waals surface area contributed by atoms with Crippen LogP contribution in [0.2, 0.25) is 0 Å². The first-order valence-corrected chi connectivity index (χ1v) is 5.93. The molecule has 0 fully saturated rings. The van der Waals surface area contributed by atoms with Crippen LogP contribution in [0.3, 0.4) is 0 Å². The maximum absolute atomic E-state index is 11.2. The molecule has 2 aromatic heterocycles. The summed E-state index contributed by atoms with van der Waals surface area (Å²) in [7, 11) is 1.78. The van der Waals surface area contributed by atoms with Gasteiger partial charge in [0, 0.05) is 18.6 Å². The van der Waals surface area contributed by atoms with Crippen LogP contribution >= 0.6 is 0 Å². The van der Waals surface area contributed by atoms with Gasteiger partial charge in [-0.15, -0.1) is 0 Å². The summed E-state index contributed by atoms with van der Waals surface area (Å²) in [5, 5.41) is 19.0. The smallest absolute Gasteiger partial charge is 0.311 e. The summed E-state index contributed by atoms with van der Waals surface area (Å²) < 4.78 is 1.62. The van der Waals surface area contributed by atoms with Crippen LogP contribution in [0.5, 0.6) is 0 Å². The second kappa shape index (κ2) is 4.61. The van der Waals surface area contributed by atoms with Crippen LogP contribution in [-0.2, 0) is 7.05 Å². The van der Waals surface area contributed by atoms with Gasteiger partial charge in [0.25, 0.3) is 0 Å². The van der Waals surface area contributed by atoms with Crippen molar-refractivity contribution in [2.75, 3.05) is 5.32 Å². The van der Waals surface area contributed by atoms with Crippen LogP contribution < -0.4 is 5.32 Å². The molecule has 100 valence electrons. The van der Waals surface area contributed by atoms with Crippen molar-refractivity contribution < 1.29 is 4.92 Å². The number of para-hydroxylation sites is 1. The monoisotopic (exact) mass is 269 g/mol. The molecule has 3 aromatic rings. The quantitative estimate of drug-likeness (QED) is 0.583. The molecule has 7 heteroatoms. The van der Waals surface area contributed by atoms with Gasteiger partial charge in [-0.3, -0.25) is 14.8 Å². The van der Waals surface area contributed by atoms with E-state index in [0.717, 1.165) is 0 Å². The number of benzene rings is 1. The van der Waals surface area contributed by atoms with Gasteiger partial charge in [-0.1, -0.05) is 18.2 Å². The number of pyridine rings is 1. The number of fused-ring (bicyclic) bond motifs is 1. The fraction of sp³-hybridized carbons (Fsp3) is 0.0769. The van der Waals surface area contributed by atoms with E-state index in [4.69, 9.17) is 0 Å². The number of nitro groups is 1. The minimum atomic E-state index is -0.446. The fourth-order valence-corrected chi connectivity index (χ4v) is 2.03. The highest BCUT2D eigenvalue weighted by atomic mass is 16.6. The fourth-order valence-electron chi connectivity index (χ4n) is 2.03. The Hall–Kier alpha value is -2.96. The number of rotatable bonds is 3. The van der Waals surface area contributed by atoms with Crippen LogP contribution in [0.15, 0.2) is 42.9 Å². The lowest BCUT2D eigenvalue weighted by atomic mass is 10.1. The Labute approximate surface area is 114 Å². The van der Waals surface area contributed by atoms with E-state index in [1.54, 1.807) is 30.2 Å². The summed E-state index contributed by atoms with van der Waals surface area (Å²) in [5.74, 6) is 0. The van der Waals surface area contributed by atoms with Gasteiger partial charge in [0.2, 0.25) is 0 Å². The van der Waals surface area contributed by atoms with E-state index in [-0.39, 0.29) is 5.69 Å². The van der Waals surface area contributed by atoms with Crippen molar-refractivity contribution in [3.05, 3.63) is 53.0 Å². The molecule has 0 saturated carbocycles. The van der Waals surface area contributed by atoms with Gasteiger partial charge in [0.15, 0.2) is 0 Å². The maximum Gasteiger partial charge on any atom is 0.311 e. The molecule has 3 rings (SSSR count). The number of aromatic nitrogens is 3. The van der Waals surface area contributed by atoms with Crippen LogP contribution in [0, 0.1) is 10.1 Å². The van der Waals surface area contributed by atoms with E-state index in [0.29, 0.717) is 22.3 Å². The number of hydrogen-bond acceptors (Lipinski definition) is 5. The highest BCUT2D eigenvalue weighted by Crippen LogP contribution is 2.33. The molecule has 1 N–H and O–H groups in total. The van der Waals surface area contributed by atoms with Gasteiger partial charge in [-0.2, -0.15) is 5.10 Å². The molecule has 0 aliphatic heterocycles. The maximum atomic E-state index is 11.2. The lowest BCUT2D eigenvalue weighted by Crippen LogP contribution is -1.99. The second-order valence-corrected chi connectivity index (χ2v) is 4.32. The van der Waals surface area contributed by atoms with Gasteiger partial charge in [-0.05, 0) is 6.07 Å². The first-order chi connectivity index (χ1) is 9.65. The van der Waals surface area contributed by atoms with Crippen molar-refractivity contribution in [2.24, 2.45) is 7.05 Å². The van der Waals surface area contributed by atoms with Gasteiger partial charge in [0.05, 0.1) is 22.3 Å². The third-order valence-electron chi connectivity index (χ3n) is 2.93. The Morgan fingerprint density at radius 1 is 1.30 bits per heavy atom. The molecule has 0 radical (unpaired) electrons. The van der Waals surface area contributed by atoms with Crippen molar-refractivity contribution in [3.8, 4) is 0 Å². The minimum Gasteiger partial charge on any atom is -0.347 e. The van der Waals surface area contributed by atoms with E-state index in [9.17, 15) is 10.1 Å². The molecule has 2 heterocycles. The first kappa shape index (κ1) is 12.1. The Morgan fingerprint density at radius 2 is 2.10 bits per heavy atom. The Morgan fingerprint density at radius 3 is 2.80 bits per heavy atom. The van der Waals surface area contributed by atoms with E-state index in [2.05, 4.69) is 15.4 Å². The standard InChI is InChI=1S/C13H11N5O2/c1-17-8-9(6-15-17)16-13-10-4-2-3-5-11(10)14-7-12(13)18(19)20/h2-8H,1H3,(H,14,16). The highest BCUT2D eigenvalue weighted by molar-refractivity contribution is 5.97. The predicted octanol–water partition coefficient (Wildman–Crippen LogP) is 2.62. The van der Waals surface area contributed by atoms with Gasteiger partial charge >= 0.3 is 5.69 Å². The number of aryl methyl sites for hydroxylation is 1. The first-order valence-electron chi connectivity index (χ1n) is 5.93. The molecule has 20 heavy (non-hydrogen) atoms. The van der Waals surface area contributed by atoms with Crippen LogP contribution in [0.25, 0.3) is 10.9 Å². The van der Waals surface area contributed by atoms with Crippen LogP contribution in [0.4, 0.5) is 17.1 Å². The number of nitrogens with one attached hydrogen (secondary N) is 1. The molecule has 0 saturated heterocycles. The van der Waals surface area contributed by atoms with E-state index in [1.807, 2.05) is 18.2 Å². The van der Waals surface area contributed by atoms with Gasteiger partial charge < -0.3 is 5.32 Å². The van der Waals surface area contributed by atoms with Crippen molar-refractivity contribution in [1.29, 1.82) is 0 Å². The SMILES string of the molecule is Cn1cc(Nc2c([N+](=O)[O-])cnc3ccccc23)cn1. The molecule has 0 aliphatic rings. The molecule has 1 aromatic carbocycles. The molecule has 0 aliphatic carbocycles. The number of nitrogens with zero attached hydrogens (tertiary/aromatic N) is 4. The van der Waals surface area contributed by atoms with Crippen molar-refractivity contribution in [3.63, 3.8) is 0 Å². The average molecular weight is 269 g/mol. The summed E-state index contributed by atoms with van der Waals surface area (Å²) in [4.78, 5) is 14.8. The van der Waals surface area contributed by atoms with Crippen molar-refractivity contribution in [2.45, 2.75) is 0 Å². The molecule has 0 spiro atoms. The summed E-state index contributed by atoms with van der Waals surface area (Å²) in [6, 6.07) is 7.28. The zero-order valence-electron chi connectivity index (χ0n) is 10.6. The molecule has 0 bridgehead atoms. The number of hydrogen-bond donors (Lipinski definition) is 1. The van der Waals surface area contributed by atoms with E-state index in [1.165, 1.54) is 6.20 Å². The zero-order chi connectivity index (χ0) is 14.1. The molecule has 0 atom stereocenters. The topological polar surface area (TPSA) is 85.9 Å². The molecule has 0 amide bonds. The van der Waals surface area contributed by atoms with E-state index >= 15 is 0 Å². The second-order valence-electron chi connectivity index (χ2n) is 4.32. The Kier molecular flexibility index (Phi) is 2.79. The number of anilines is 2. The van der Waals surface area contributed by atoms with Crippen LogP contribution in [0.1, 0.15) is 0 Å². The molecular weight excluding hydrogens is 258 g/mol. The third-order valence-corrected chi connectivity index (χ3v) is 2.93. The van der Waals surface area contributed by atoms with Crippen LogP contribution in [-0.4, -0.2) is 19.7 Å². The third kappa shape index (κ3) is 2.05. The molecule has 7 nitrogen and oxygen atoms in total. The average Bonchev–Trinajstić information content (AvgIpc) is 2.84. The lowest BCUT2D eigenvalue weighted by Gasteiger charge is -2.08. The summed E-state index contributed by atoms with van der Waals surface area (Å²) >= 11 is 0. The molecular formula is C13H11N5O2. The van der Waals surface area contributed by atoms with Crippen molar-refractivity contribution in [1.82, 2.24) is 14.8 Å². The Bertz CT molecular complexity index is 796. The summed E-state index contributed by atoms with van der Waals surface area (Å²) in [6.45, 7) is 0. The zero-order valence-corrected chi connectivity index (χ0v) is 10.6. The van der Waals surface area contributed by atoms with E-state index < -0.39 is 4.92 Å². The summed E-state index contributed by atoms with van der Waals surface area (Å²) in [6.07, 6.45) is 4.62. The highest BCUT2D eigenvalue weighted by Gasteiger charge is 2.18. The van der Waals surface area contributed by atoms with Crippen molar-refractivity contribution >= 4 is 28.0 Å². The predicted molar refractivity (Wildman–Crippen MR) is 74.9 cm³/mol. The molecule has 0 unspecified atom stereocenters. The van der Waals surface area contributed by atoms with Gasteiger partial charge in [0.1, 0.15) is 11.9 Å². The largest absolute Gasteiger partial charge is 0.347 e. The normalized spacial score (nSPS) is 10.7. The Balaban J connectivity index is 2.19. The van der Waals surface area contributed by atoms with Gasteiger partial charge in [-0.25, -0.2) is 4.98 Å².